The highest BCUT2D eigenvalue weighted by molar-refractivity contribution is 7.86. The normalized spacial score (nSPS) is 27.4. The summed E-state index contributed by atoms with van der Waals surface area (Å²) in [5.74, 6) is -0.894. The Hall–Kier alpha value is -0.660. The largest absolute Gasteiger partial charge is 0.481 e. The molecular formula is C11H20N2O4S. The number of rotatable bonds is 4. The molecule has 0 spiro atoms. The Kier molecular flexibility index (Phi) is 4.24. The molecule has 0 aromatic carbocycles. The van der Waals surface area contributed by atoms with Gasteiger partial charge >= 0.3 is 5.97 Å². The van der Waals surface area contributed by atoms with Crippen molar-refractivity contribution in [1.29, 1.82) is 0 Å². The Balaban J connectivity index is 2.01. The average Bonchev–Trinajstić information content (AvgIpc) is 2.82. The van der Waals surface area contributed by atoms with E-state index in [4.69, 9.17) is 5.11 Å². The third-order valence-corrected chi connectivity index (χ3v) is 5.66. The smallest absolute Gasteiger partial charge is 0.303 e. The van der Waals surface area contributed by atoms with E-state index in [9.17, 15) is 13.2 Å². The molecular weight excluding hydrogens is 256 g/mol. The van der Waals surface area contributed by atoms with E-state index in [2.05, 4.69) is 0 Å². The molecule has 1 unspecified atom stereocenters. The van der Waals surface area contributed by atoms with Gasteiger partial charge in [-0.15, -0.1) is 0 Å². The van der Waals surface area contributed by atoms with Gasteiger partial charge in [0.15, 0.2) is 0 Å². The summed E-state index contributed by atoms with van der Waals surface area (Å²) in [4.78, 5) is 10.7. The first-order chi connectivity index (χ1) is 8.50. The fourth-order valence-electron chi connectivity index (χ4n) is 2.73. The van der Waals surface area contributed by atoms with Gasteiger partial charge in [-0.05, 0) is 31.6 Å². The Morgan fingerprint density at radius 2 is 1.72 bits per heavy atom. The Morgan fingerprint density at radius 1 is 1.11 bits per heavy atom. The summed E-state index contributed by atoms with van der Waals surface area (Å²) in [5.41, 5.74) is 0. The Morgan fingerprint density at radius 3 is 2.33 bits per heavy atom. The second-order valence-corrected chi connectivity index (χ2v) is 7.01. The van der Waals surface area contributed by atoms with Crippen molar-refractivity contribution in [2.75, 3.05) is 26.2 Å². The van der Waals surface area contributed by atoms with Crippen LogP contribution in [0, 0.1) is 5.92 Å². The summed E-state index contributed by atoms with van der Waals surface area (Å²) in [6.45, 7) is 2.07. The van der Waals surface area contributed by atoms with Crippen LogP contribution >= 0.6 is 0 Å². The van der Waals surface area contributed by atoms with Gasteiger partial charge in [-0.3, -0.25) is 4.79 Å². The molecule has 104 valence electrons. The second kappa shape index (κ2) is 5.54. The summed E-state index contributed by atoms with van der Waals surface area (Å²) in [6.07, 6.45) is 3.46. The lowest BCUT2D eigenvalue weighted by molar-refractivity contribution is -0.138. The van der Waals surface area contributed by atoms with Crippen molar-refractivity contribution in [2.24, 2.45) is 5.92 Å². The van der Waals surface area contributed by atoms with Crippen LogP contribution in [0.15, 0.2) is 0 Å². The van der Waals surface area contributed by atoms with Crippen molar-refractivity contribution < 1.29 is 18.3 Å². The number of hydrogen-bond acceptors (Lipinski definition) is 3. The summed E-state index contributed by atoms with van der Waals surface area (Å²) in [5, 5.41) is 8.79. The minimum Gasteiger partial charge on any atom is -0.481 e. The number of nitrogens with zero attached hydrogens (tertiary/aromatic N) is 2. The van der Waals surface area contributed by atoms with E-state index < -0.39 is 16.2 Å². The highest BCUT2D eigenvalue weighted by Crippen LogP contribution is 2.25. The maximum absolute atomic E-state index is 12.3. The van der Waals surface area contributed by atoms with Crippen LogP contribution in [0.5, 0.6) is 0 Å². The van der Waals surface area contributed by atoms with E-state index in [-0.39, 0.29) is 12.3 Å². The van der Waals surface area contributed by atoms with Gasteiger partial charge in [0.05, 0.1) is 0 Å². The lowest BCUT2D eigenvalue weighted by Crippen LogP contribution is -2.47. The van der Waals surface area contributed by atoms with Gasteiger partial charge in [0.1, 0.15) is 0 Å². The lowest BCUT2D eigenvalue weighted by Gasteiger charge is -2.33. The van der Waals surface area contributed by atoms with E-state index in [1.54, 1.807) is 0 Å². The quantitative estimate of drug-likeness (QED) is 0.811. The van der Waals surface area contributed by atoms with Gasteiger partial charge in [-0.1, -0.05) is 0 Å². The van der Waals surface area contributed by atoms with Gasteiger partial charge in [0.2, 0.25) is 0 Å². The van der Waals surface area contributed by atoms with Crippen molar-refractivity contribution in [3.8, 4) is 0 Å². The molecule has 0 amide bonds. The molecule has 18 heavy (non-hydrogen) atoms. The van der Waals surface area contributed by atoms with Crippen LogP contribution < -0.4 is 0 Å². The van der Waals surface area contributed by atoms with Gasteiger partial charge < -0.3 is 5.11 Å². The third kappa shape index (κ3) is 3.02. The molecule has 0 bridgehead atoms. The van der Waals surface area contributed by atoms with E-state index in [1.807, 2.05) is 0 Å². The molecule has 0 aromatic heterocycles. The van der Waals surface area contributed by atoms with Crippen LogP contribution in [0.2, 0.25) is 0 Å². The first-order valence-electron chi connectivity index (χ1n) is 6.47. The van der Waals surface area contributed by atoms with Crippen molar-refractivity contribution in [1.82, 2.24) is 8.61 Å². The molecule has 7 heteroatoms. The predicted molar refractivity (Wildman–Crippen MR) is 66.3 cm³/mol. The first kappa shape index (κ1) is 13.8. The minimum absolute atomic E-state index is 0.0476. The molecule has 0 aliphatic carbocycles. The molecule has 2 heterocycles. The number of carbonyl (C=O) groups is 1. The molecule has 0 saturated carbocycles. The molecule has 2 fully saturated rings. The number of hydrogen-bond donors (Lipinski definition) is 1. The summed E-state index contributed by atoms with van der Waals surface area (Å²) >= 11 is 0. The lowest BCUT2D eigenvalue weighted by atomic mass is 9.96. The van der Waals surface area contributed by atoms with Gasteiger partial charge in [0, 0.05) is 32.6 Å². The Bertz CT molecular complexity index is 403. The average molecular weight is 276 g/mol. The van der Waals surface area contributed by atoms with Gasteiger partial charge in [0.25, 0.3) is 10.2 Å². The maximum Gasteiger partial charge on any atom is 0.303 e. The van der Waals surface area contributed by atoms with Crippen molar-refractivity contribution in [2.45, 2.75) is 32.1 Å². The first-order valence-corrected chi connectivity index (χ1v) is 7.87. The zero-order valence-corrected chi connectivity index (χ0v) is 11.2. The van der Waals surface area contributed by atoms with E-state index >= 15 is 0 Å². The van der Waals surface area contributed by atoms with Crippen LogP contribution in [-0.2, 0) is 15.0 Å². The van der Waals surface area contributed by atoms with Crippen LogP contribution in [0.25, 0.3) is 0 Å². The topological polar surface area (TPSA) is 77.9 Å². The molecule has 2 aliphatic rings. The fraction of sp³-hybridized carbons (Fsp3) is 0.909. The van der Waals surface area contributed by atoms with E-state index in [0.717, 1.165) is 25.7 Å². The van der Waals surface area contributed by atoms with E-state index in [0.29, 0.717) is 26.2 Å². The third-order valence-electron chi connectivity index (χ3n) is 3.66. The van der Waals surface area contributed by atoms with Crippen LogP contribution in [0.1, 0.15) is 32.1 Å². The monoisotopic (exact) mass is 276 g/mol. The second-order valence-electron chi connectivity index (χ2n) is 5.08. The number of piperidine rings is 1. The highest BCUT2D eigenvalue weighted by atomic mass is 32.2. The van der Waals surface area contributed by atoms with Crippen molar-refractivity contribution in [3.63, 3.8) is 0 Å². The molecule has 6 nitrogen and oxygen atoms in total. The number of carboxylic acids is 1. The van der Waals surface area contributed by atoms with Crippen molar-refractivity contribution >= 4 is 16.2 Å². The molecule has 2 aliphatic heterocycles. The van der Waals surface area contributed by atoms with Gasteiger partial charge in [-0.2, -0.15) is 17.0 Å². The molecule has 0 radical (unpaired) electrons. The van der Waals surface area contributed by atoms with Gasteiger partial charge in [-0.25, -0.2) is 0 Å². The zero-order valence-electron chi connectivity index (χ0n) is 10.4. The Labute approximate surface area is 108 Å². The number of aliphatic carboxylic acids is 1. The summed E-state index contributed by atoms with van der Waals surface area (Å²) in [6, 6.07) is 0. The highest BCUT2D eigenvalue weighted by Gasteiger charge is 2.35. The maximum atomic E-state index is 12.3. The van der Waals surface area contributed by atoms with E-state index in [1.165, 1.54) is 8.61 Å². The summed E-state index contributed by atoms with van der Waals surface area (Å²) in [7, 11) is -3.36. The standard InChI is InChI=1S/C11H20N2O4S/c14-11(15)8-10-4-3-7-13(9-10)18(16,17)12-5-1-2-6-12/h10H,1-9H2,(H,14,15). The number of carboxylic acid groups (broad SMARTS) is 1. The van der Waals surface area contributed by atoms with Crippen molar-refractivity contribution in [3.05, 3.63) is 0 Å². The molecule has 0 aromatic rings. The summed E-state index contributed by atoms with van der Waals surface area (Å²) < 4.78 is 27.6. The fourth-order valence-corrected chi connectivity index (χ4v) is 4.54. The van der Waals surface area contributed by atoms with Crippen LogP contribution in [0.3, 0.4) is 0 Å². The molecule has 2 saturated heterocycles. The zero-order chi connectivity index (χ0) is 13.2. The van der Waals surface area contributed by atoms with Crippen LogP contribution in [-0.4, -0.2) is 54.3 Å². The SMILES string of the molecule is O=C(O)CC1CCCN(S(=O)(=O)N2CCCC2)C1. The molecule has 1 N–H and O–H groups in total. The minimum atomic E-state index is -3.36. The van der Waals surface area contributed by atoms with Crippen LogP contribution in [0.4, 0.5) is 0 Å². The molecule has 1 atom stereocenters. The predicted octanol–water partition coefficient (Wildman–Crippen LogP) is 0.514. The molecule has 2 rings (SSSR count).